The molecule has 72 valence electrons. The molecule has 0 spiro atoms. The van der Waals surface area contributed by atoms with Crippen LogP contribution < -0.4 is 5.73 Å². The van der Waals surface area contributed by atoms with Crippen molar-refractivity contribution in [2.75, 3.05) is 0 Å². The van der Waals surface area contributed by atoms with E-state index in [0.717, 1.165) is 22.6 Å². The third-order valence-electron chi connectivity index (χ3n) is 2.17. The van der Waals surface area contributed by atoms with Crippen LogP contribution in [0.3, 0.4) is 0 Å². The molecule has 2 rings (SSSR count). The van der Waals surface area contributed by atoms with Crippen molar-refractivity contribution < 1.29 is 4.42 Å². The van der Waals surface area contributed by atoms with E-state index in [4.69, 9.17) is 10.2 Å². The number of nitrogens with zero attached hydrogens (tertiary/aromatic N) is 1. The maximum Gasteiger partial charge on any atom is 0.136 e. The van der Waals surface area contributed by atoms with Crippen molar-refractivity contribution in [2.24, 2.45) is 5.73 Å². The van der Waals surface area contributed by atoms with E-state index >= 15 is 0 Å². The number of aromatic nitrogens is 1. The topological polar surface area (TPSA) is 52.0 Å². The summed E-state index contributed by atoms with van der Waals surface area (Å²) in [6, 6.07) is 5.77. The molecule has 0 saturated heterocycles. The van der Waals surface area contributed by atoms with Crippen LogP contribution >= 0.6 is 0 Å². The molecule has 0 aliphatic rings. The quantitative estimate of drug-likeness (QED) is 0.785. The highest BCUT2D eigenvalue weighted by Crippen LogP contribution is 2.23. The largest absolute Gasteiger partial charge is 0.460 e. The Morgan fingerprint density at radius 3 is 2.86 bits per heavy atom. The molecule has 0 amide bonds. The molecule has 0 unspecified atom stereocenters. The molecule has 0 saturated carbocycles. The highest BCUT2D eigenvalue weighted by Gasteiger charge is 2.05. The average molecular weight is 188 g/mol. The molecule has 2 aromatic heterocycles. The number of rotatable bonds is 2. The molecular weight excluding hydrogens is 176 g/mol. The zero-order valence-corrected chi connectivity index (χ0v) is 8.03. The summed E-state index contributed by atoms with van der Waals surface area (Å²) in [4.78, 5) is 4.07. The summed E-state index contributed by atoms with van der Waals surface area (Å²) in [6.45, 7) is 2.46. The minimum Gasteiger partial charge on any atom is -0.460 e. The monoisotopic (exact) mass is 188 g/mol. The van der Waals surface area contributed by atoms with E-state index in [-0.39, 0.29) is 0 Å². The highest BCUT2D eigenvalue weighted by molar-refractivity contribution is 5.60. The van der Waals surface area contributed by atoms with Crippen LogP contribution in [0.1, 0.15) is 11.3 Å². The first-order valence-electron chi connectivity index (χ1n) is 4.51. The van der Waals surface area contributed by atoms with Crippen LogP contribution in [-0.2, 0) is 6.54 Å². The number of hydrogen-bond acceptors (Lipinski definition) is 3. The molecule has 0 aliphatic heterocycles. The Hall–Kier alpha value is -1.61. The normalized spacial score (nSPS) is 10.4. The average Bonchev–Trinajstić information content (AvgIpc) is 2.67. The van der Waals surface area contributed by atoms with Crippen molar-refractivity contribution in [1.82, 2.24) is 4.98 Å². The molecular formula is C11H12N2O. The van der Waals surface area contributed by atoms with Gasteiger partial charge in [-0.05, 0) is 30.7 Å². The summed E-state index contributed by atoms with van der Waals surface area (Å²) < 4.78 is 5.53. The molecule has 2 N–H and O–H groups in total. The molecule has 3 nitrogen and oxygen atoms in total. The second-order valence-electron chi connectivity index (χ2n) is 3.16. The lowest BCUT2D eigenvalue weighted by molar-refractivity contribution is 0.525. The van der Waals surface area contributed by atoms with E-state index < -0.39 is 0 Å². The first-order valence-corrected chi connectivity index (χ1v) is 4.51. The van der Waals surface area contributed by atoms with E-state index in [1.165, 1.54) is 0 Å². The summed E-state index contributed by atoms with van der Waals surface area (Å²) in [5, 5.41) is 0. The summed E-state index contributed by atoms with van der Waals surface area (Å²) in [7, 11) is 0. The highest BCUT2D eigenvalue weighted by atomic mass is 16.3. The molecule has 0 aromatic carbocycles. The maximum atomic E-state index is 5.53. The fraction of sp³-hybridized carbons (Fsp3) is 0.182. The Bertz CT molecular complexity index is 434. The molecule has 0 radical (unpaired) electrons. The van der Waals surface area contributed by atoms with Crippen molar-refractivity contribution >= 4 is 0 Å². The van der Waals surface area contributed by atoms with E-state index in [1.807, 2.05) is 25.1 Å². The first kappa shape index (κ1) is 8.97. The Labute approximate surface area is 82.6 Å². The lowest BCUT2D eigenvalue weighted by atomic mass is 10.1. The molecule has 3 heteroatoms. The molecule has 2 aromatic rings. The van der Waals surface area contributed by atoms with E-state index in [1.54, 1.807) is 12.4 Å². The Kier molecular flexibility index (Phi) is 2.33. The van der Waals surface area contributed by atoms with Gasteiger partial charge in [0, 0.05) is 18.0 Å². The van der Waals surface area contributed by atoms with Crippen LogP contribution in [0.25, 0.3) is 11.3 Å². The van der Waals surface area contributed by atoms with Crippen LogP contribution in [0.5, 0.6) is 0 Å². The van der Waals surface area contributed by atoms with Crippen molar-refractivity contribution in [3.8, 4) is 11.3 Å². The van der Waals surface area contributed by atoms with Crippen LogP contribution in [-0.4, -0.2) is 4.98 Å². The van der Waals surface area contributed by atoms with Crippen LogP contribution in [0.4, 0.5) is 0 Å². The fourth-order valence-corrected chi connectivity index (χ4v) is 1.35. The standard InChI is InChI=1S/C11H12N2O/c1-8-4-5-13-7-10(8)11-3-2-9(6-12)14-11/h2-5,7H,6,12H2,1H3. The molecule has 0 aliphatic carbocycles. The Morgan fingerprint density at radius 2 is 2.21 bits per heavy atom. The molecule has 0 fully saturated rings. The van der Waals surface area contributed by atoms with Gasteiger partial charge >= 0.3 is 0 Å². The minimum absolute atomic E-state index is 0.430. The van der Waals surface area contributed by atoms with E-state index in [0.29, 0.717) is 6.54 Å². The number of nitrogens with two attached hydrogens (primary N) is 1. The minimum atomic E-state index is 0.430. The molecule has 2 heterocycles. The Morgan fingerprint density at radius 1 is 1.36 bits per heavy atom. The van der Waals surface area contributed by atoms with Gasteiger partial charge in [-0.3, -0.25) is 4.98 Å². The fourth-order valence-electron chi connectivity index (χ4n) is 1.35. The van der Waals surface area contributed by atoms with Crippen LogP contribution in [0, 0.1) is 6.92 Å². The van der Waals surface area contributed by atoms with Gasteiger partial charge < -0.3 is 10.2 Å². The SMILES string of the molecule is Cc1ccncc1-c1ccc(CN)o1. The zero-order valence-electron chi connectivity index (χ0n) is 8.03. The van der Waals surface area contributed by atoms with Gasteiger partial charge in [0.15, 0.2) is 0 Å². The maximum absolute atomic E-state index is 5.53. The predicted octanol–water partition coefficient (Wildman–Crippen LogP) is 2.11. The van der Waals surface area contributed by atoms with Gasteiger partial charge in [-0.25, -0.2) is 0 Å². The predicted molar refractivity (Wildman–Crippen MR) is 54.6 cm³/mol. The Balaban J connectivity index is 2.44. The van der Waals surface area contributed by atoms with E-state index in [2.05, 4.69) is 4.98 Å². The molecule has 14 heavy (non-hydrogen) atoms. The lowest BCUT2D eigenvalue weighted by Gasteiger charge is -2.00. The van der Waals surface area contributed by atoms with Gasteiger partial charge in [-0.2, -0.15) is 0 Å². The van der Waals surface area contributed by atoms with Gasteiger partial charge in [0.05, 0.1) is 6.54 Å². The van der Waals surface area contributed by atoms with Crippen molar-refractivity contribution in [2.45, 2.75) is 13.5 Å². The second-order valence-corrected chi connectivity index (χ2v) is 3.16. The number of aryl methyl sites for hydroxylation is 1. The molecule has 0 atom stereocenters. The third kappa shape index (κ3) is 1.54. The van der Waals surface area contributed by atoms with Crippen molar-refractivity contribution in [3.05, 3.63) is 41.9 Å². The third-order valence-corrected chi connectivity index (χ3v) is 2.17. The number of furan rings is 1. The van der Waals surface area contributed by atoms with Gasteiger partial charge in [0.2, 0.25) is 0 Å². The van der Waals surface area contributed by atoms with Gasteiger partial charge in [-0.1, -0.05) is 0 Å². The second kappa shape index (κ2) is 3.64. The van der Waals surface area contributed by atoms with Crippen molar-refractivity contribution in [3.63, 3.8) is 0 Å². The summed E-state index contributed by atoms with van der Waals surface area (Å²) in [5.74, 6) is 1.62. The lowest BCUT2D eigenvalue weighted by Crippen LogP contribution is -1.92. The summed E-state index contributed by atoms with van der Waals surface area (Å²) >= 11 is 0. The number of pyridine rings is 1. The first-order chi connectivity index (χ1) is 6.81. The summed E-state index contributed by atoms with van der Waals surface area (Å²) in [6.07, 6.45) is 3.57. The van der Waals surface area contributed by atoms with Gasteiger partial charge in [0.1, 0.15) is 11.5 Å². The van der Waals surface area contributed by atoms with E-state index in [9.17, 15) is 0 Å². The van der Waals surface area contributed by atoms with Gasteiger partial charge in [0.25, 0.3) is 0 Å². The van der Waals surface area contributed by atoms with Crippen LogP contribution in [0.2, 0.25) is 0 Å². The van der Waals surface area contributed by atoms with Gasteiger partial charge in [-0.15, -0.1) is 0 Å². The molecule has 0 bridgehead atoms. The smallest absolute Gasteiger partial charge is 0.136 e. The van der Waals surface area contributed by atoms with Crippen LogP contribution in [0.15, 0.2) is 35.0 Å². The zero-order chi connectivity index (χ0) is 9.97. The van der Waals surface area contributed by atoms with Crippen molar-refractivity contribution in [1.29, 1.82) is 0 Å². The summed E-state index contributed by atoms with van der Waals surface area (Å²) in [5.41, 5.74) is 7.64. The number of hydrogen-bond donors (Lipinski definition) is 1.